The van der Waals surface area contributed by atoms with E-state index in [0.29, 0.717) is 18.8 Å². The molecule has 0 spiro atoms. The number of methoxy groups -OCH3 is 1. The Balaban J connectivity index is 1.37. The van der Waals surface area contributed by atoms with E-state index in [-0.39, 0.29) is 35.4 Å². The molecular formula is C38H54N2O4. The number of nitrogens with zero attached hydrogens (tertiary/aromatic N) is 2. The summed E-state index contributed by atoms with van der Waals surface area (Å²) in [6.07, 6.45) is 9.70. The molecule has 3 fully saturated rings. The number of amides is 1. The van der Waals surface area contributed by atoms with Crippen LogP contribution < -0.4 is 4.74 Å². The minimum atomic E-state index is -0.229. The van der Waals surface area contributed by atoms with Gasteiger partial charge in [0.15, 0.2) is 0 Å². The zero-order chi connectivity index (χ0) is 31.1. The summed E-state index contributed by atoms with van der Waals surface area (Å²) in [4.78, 5) is 31.4. The molecule has 1 unspecified atom stereocenters. The number of esters is 1. The Kier molecular flexibility index (Phi) is 11.1. The number of benzene rings is 2. The van der Waals surface area contributed by atoms with Gasteiger partial charge in [-0.05, 0) is 86.6 Å². The van der Waals surface area contributed by atoms with Crippen LogP contribution in [0.2, 0.25) is 0 Å². The van der Waals surface area contributed by atoms with Crippen LogP contribution >= 0.6 is 0 Å². The molecule has 0 radical (unpaired) electrons. The number of hydrogen-bond donors (Lipinski definition) is 0. The molecular weight excluding hydrogens is 548 g/mol. The minimum Gasteiger partial charge on any atom is -0.497 e. The van der Waals surface area contributed by atoms with Gasteiger partial charge in [-0.25, -0.2) is 0 Å². The SMILES string of the molecule is COc1cccc([C@@]23CCN(CC4CC4)C[C@H]2C(OC(C)=O)C[C@H](N(CC(C)C)C(=O)CCCCCc2ccccc2)C3)c1. The van der Waals surface area contributed by atoms with E-state index in [2.05, 4.69) is 72.2 Å². The van der Waals surface area contributed by atoms with E-state index in [1.807, 2.05) is 6.07 Å². The lowest BCUT2D eigenvalue weighted by molar-refractivity contribution is -0.161. The third-order valence-electron chi connectivity index (χ3n) is 10.3. The van der Waals surface area contributed by atoms with Crippen LogP contribution in [0.5, 0.6) is 5.75 Å². The predicted octanol–water partition coefficient (Wildman–Crippen LogP) is 7.05. The minimum absolute atomic E-state index is 0.0241. The smallest absolute Gasteiger partial charge is 0.302 e. The van der Waals surface area contributed by atoms with E-state index in [0.717, 1.165) is 76.4 Å². The summed E-state index contributed by atoms with van der Waals surface area (Å²) in [5.41, 5.74) is 2.43. The van der Waals surface area contributed by atoms with Gasteiger partial charge in [-0.15, -0.1) is 0 Å². The molecule has 2 aromatic rings. The number of ether oxygens (including phenoxy) is 2. The van der Waals surface area contributed by atoms with Crippen molar-refractivity contribution in [3.63, 3.8) is 0 Å². The molecule has 44 heavy (non-hydrogen) atoms. The summed E-state index contributed by atoms with van der Waals surface area (Å²) < 4.78 is 11.9. The number of carbonyl (C=O) groups excluding carboxylic acids is 2. The van der Waals surface area contributed by atoms with E-state index in [9.17, 15) is 9.59 Å². The van der Waals surface area contributed by atoms with Gasteiger partial charge in [0.2, 0.25) is 5.91 Å². The Hall–Kier alpha value is -2.86. The number of hydrogen-bond acceptors (Lipinski definition) is 5. The summed E-state index contributed by atoms with van der Waals surface area (Å²) in [5.74, 6) is 2.22. The van der Waals surface area contributed by atoms with Crippen LogP contribution in [0.15, 0.2) is 54.6 Å². The number of fused-ring (bicyclic) bond motifs is 1. The number of aryl methyl sites for hydroxylation is 1. The van der Waals surface area contributed by atoms with Crippen LogP contribution in [0.3, 0.4) is 0 Å². The van der Waals surface area contributed by atoms with Crippen LogP contribution in [-0.4, -0.2) is 67.1 Å². The maximum absolute atomic E-state index is 14.0. The maximum atomic E-state index is 14.0. The van der Waals surface area contributed by atoms with Gasteiger partial charge in [-0.2, -0.15) is 0 Å². The highest BCUT2D eigenvalue weighted by Gasteiger charge is 2.55. The van der Waals surface area contributed by atoms with Crippen LogP contribution in [0.4, 0.5) is 0 Å². The molecule has 1 heterocycles. The molecule has 4 atom stereocenters. The highest BCUT2D eigenvalue weighted by atomic mass is 16.5. The normalized spacial score (nSPS) is 25.3. The van der Waals surface area contributed by atoms with Crippen molar-refractivity contribution in [2.24, 2.45) is 17.8 Å². The van der Waals surface area contributed by atoms with Gasteiger partial charge in [0.25, 0.3) is 0 Å². The van der Waals surface area contributed by atoms with Crippen molar-refractivity contribution in [3.8, 4) is 5.75 Å². The number of unbranched alkanes of at least 4 members (excludes halogenated alkanes) is 2. The zero-order valence-corrected chi connectivity index (χ0v) is 27.5. The van der Waals surface area contributed by atoms with Crippen molar-refractivity contribution in [3.05, 3.63) is 65.7 Å². The number of rotatable bonds is 14. The second kappa shape index (κ2) is 14.9. The first-order chi connectivity index (χ1) is 21.3. The molecule has 1 aliphatic heterocycles. The van der Waals surface area contributed by atoms with E-state index >= 15 is 0 Å². The quantitative estimate of drug-likeness (QED) is 0.171. The van der Waals surface area contributed by atoms with Gasteiger partial charge in [-0.3, -0.25) is 9.59 Å². The molecule has 6 heteroatoms. The number of likely N-dealkylation sites (tertiary alicyclic amines) is 1. The molecule has 2 aromatic carbocycles. The third kappa shape index (κ3) is 8.24. The summed E-state index contributed by atoms with van der Waals surface area (Å²) in [5, 5.41) is 0. The fraction of sp³-hybridized carbons (Fsp3) is 0.632. The van der Waals surface area contributed by atoms with Crippen molar-refractivity contribution in [2.75, 3.05) is 33.3 Å². The Morgan fingerprint density at radius 1 is 1.05 bits per heavy atom. The largest absolute Gasteiger partial charge is 0.497 e. The second-order valence-corrected chi connectivity index (χ2v) is 14.2. The van der Waals surface area contributed by atoms with Gasteiger partial charge in [-0.1, -0.05) is 62.7 Å². The first-order valence-corrected chi connectivity index (χ1v) is 17.1. The highest BCUT2D eigenvalue weighted by molar-refractivity contribution is 5.76. The second-order valence-electron chi connectivity index (χ2n) is 14.2. The molecule has 0 N–H and O–H groups in total. The topological polar surface area (TPSA) is 59.1 Å². The molecule has 240 valence electrons. The molecule has 0 bridgehead atoms. The van der Waals surface area contributed by atoms with E-state index in [1.54, 1.807) is 7.11 Å². The van der Waals surface area contributed by atoms with Crippen LogP contribution in [-0.2, 0) is 26.2 Å². The maximum Gasteiger partial charge on any atom is 0.302 e. The van der Waals surface area contributed by atoms with Gasteiger partial charge in [0, 0.05) is 56.8 Å². The van der Waals surface area contributed by atoms with E-state index < -0.39 is 0 Å². The predicted molar refractivity (Wildman–Crippen MR) is 176 cm³/mol. The van der Waals surface area contributed by atoms with E-state index in [1.165, 1.54) is 30.9 Å². The average Bonchev–Trinajstić information content (AvgIpc) is 3.84. The van der Waals surface area contributed by atoms with Crippen molar-refractivity contribution in [1.82, 2.24) is 9.80 Å². The van der Waals surface area contributed by atoms with E-state index in [4.69, 9.17) is 9.47 Å². The van der Waals surface area contributed by atoms with Gasteiger partial charge in [0.05, 0.1) is 7.11 Å². The monoisotopic (exact) mass is 602 g/mol. The zero-order valence-electron chi connectivity index (χ0n) is 27.5. The summed E-state index contributed by atoms with van der Waals surface area (Å²) in [6, 6.07) is 19.2. The van der Waals surface area contributed by atoms with Gasteiger partial charge < -0.3 is 19.3 Å². The van der Waals surface area contributed by atoms with Crippen molar-refractivity contribution in [2.45, 2.75) is 103 Å². The molecule has 6 nitrogen and oxygen atoms in total. The fourth-order valence-corrected chi connectivity index (χ4v) is 7.99. The average molecular weight is 603 g/mol. The van der Waals surface area contributed by atoms with Crippen LogP contribution in [0.1, 0.15) is 89.7 Å². The van der Waals surface area contributed by atoms with Gasteiger partial charge >= 0.3 is 5.97 Å². The van der Waals surface area contributed by atoms with Crippen LogP contribution in [0.25, 0.3) is 0 Å². The Morgan fingerprint density at radius 2 is 1.84 bits per heavy atom. The molecule has 5 rings (SSSR count). The Bertz CT molecular complexity index is 1230. The lowest BCUT2D eigenvalue weighted by atomic mass is 9.56. The number of piperidine rings is 1. The molecule has 3 aliphatic rings. The Labute approximate surface area is 265 Å². The highest BCUT2D eigenvalue weighted by Crippen LogP contribution is 2.52. The first kappa shape index (κ1) is 32.5. The first-order valence-electron chi connectivity index (χ1n) is 17.1. The summed E-state index contributed by atoms with van der Waals surface area (Å²) >= 11 is 0. The molecule has 0 aromatic heterocycles. The third-order valence-corrected chi connectivity index (χ3v) is 10.3. The molecule has 2 aliphatic carbocycles. The summed E-state index contributed by atoms with van der Waals surface area (Å²) in [6.45, 7) is 9.76. The van der Waals surface area contributed by atoms with Crippen molar-refractivity contribution in [1.29, 1.82) is 0 Å². The van der Waals surface area contributed by atoms with Crippen molar-refractivity contribution >= 4 is 11.9 Å². The molecule has 1 saturated heterocycles. The molecule has 2 saturated carbocycles. The fourth-order valence-electron chi connectivity index (χ4n) is 7.99. The van der Waals surface area contributed by atoms with Crippen LogP contribution in [0, 0.1) is 17.8 Å². The standard InChI is InChI=1S/C38H54N2O4/c1-28(2)25-40(37(42)17-10-6-9-14-30-12-7-5-8-13-30)33-23-36(44-29(3)41)35-27-39(26-31-18-19-31)21-20-38(35,24-33)32-15-11-16-34(22-32)43-4/h5,7-8,11-13,15-16,22,28,31,33,35-36H,6,9-10,14,17-21,23-27H2,1-4H3/t33-,35-,36?,38-/m0/s1. The van der Waals surface area contributed by atoms with Gasteiger partial charge in [0.1, 0.15) is 11.9 Å². The number of carbonyl (C=O) groups is 2. The lowest BCUT2D eigenvalue weighted by Crippen LogP contribution is -2.62. The Morgan fingerprint density at radius 3 is 2.55 bits per heavy atom. The van der Waals surface area contributed by atoms with Crippen molar-refractivity contribution < 1.29 is 19.1 Å². The lowest BCUT2D eigenvalue weighted by Gasteiger charge is -2.57. The molecule has 1 amide bonds. The summed E-state index contributed by atoms with van der Waals surface area (Å²) in [7, 11) is 1.72.